The second kappa shape index (κ2) is 5.86. The highest BCUT2D eigenvalue weighted by Gasteiger charge is 2.53. The Morgan fingerprint density at radius 3 is 1.91 bits per heavy atom. The summed E-state index contributed by atoms with van der Waals surface area (Å²) < 4.78 is 0. The zero-order valence-electron chi connectivity index (χ0n) is 14.2. The smallest absolute Gasteiger partial charge is 0.309 e. The molecular formula is C18H30N2O2. The van der Waals surface area contributed by atoms with Gasteiger partial charge in [-0.1, -0.05) is 13.8 Å². The van der Waals surface area contributed by atoms with Crippen molar-refractivity contribution in [2.24, 2.45) is 29.1 Å². The molecule has 0 spiro atoms. The van der Waals surface area contributed by atoms with Gasteiger partial charge in [0, 0.05) is 12.6 Å². The second-order valence-corrected chi connectivity index (χ2v) is 8.58. The van der Waals surface area contributed by atoms with Gasteiger partial charge in [0.25, 0.3) is 0 Å². The van der Waals surface area contributed by atoms with Crippen molar-refractivity contribution in [1.29, 1.82) is 0 Å². The normalized spacial score (nSPS) is 37.2. The minimum Gasteiger partial charge on any atom is -0.348 e. The van der Waals surface area contributed by atoms with Gasteiger partial charge in [-0.05, 0) is 74.5 Å². The fourth-order valence-electron chi connectivity index (χ4n) is 5.50. The van der Waals surface area contributed by atoms with Crippen LogP contribution in [0.1, 0.15) is 59.3 Å². The standard InChI is InChI=1S/C18H30N2O2/c1-11(2)10-19-16(21)17(22)20-12(3)18-7-13-4-14(8-18)6-15(5-13)9-18/h11-15H,4-10H2,1-3H3,(H,19,21)(H,20,22). The molecule has 4 fully saturated rings. The minimum absolute atomic E-state index is 0.109. The summed E-state index contributed by atoms with van der Waals surface area (Å²) in [5, 5.41) is 5.72. The molecule has 1 atom stereocenters. The second-order valence-electron chi connectivity index (χ2n) is 8.58. The van der Waals surface area contributed by atoms with Crippen LogP contribution in [0.4, 0.5) is 0 Å². The van der Waals surface area contributed by atoms with E-state index in [1.165, 1.54) is 38.5 Å². The van der Waals surface area contributed by atoms with Crippen molar-refractivity contribution >= 4 is 11.8 Å². The van der Waals surface area contributed by atoms with Crippen LogP contribution in [0.5, 0.6) is 0 Å². The molecule has 4 rings (SSSR count). The van der Waals surface area contributed by atoms with Gasteiger partial charge in [-0.2, -0.15) is 0 Å². The first-order valence-electron chi connectivity index (χ1n) is 8.96. The Kier molecular flexibility index (Phi) is 4.21. The predicted octanol–water partition coefficient (Wildman–Crippen LogP) is 2.48. The zero-order chi connectivity index (χ0) is 15.9. The van der Waals surface area contributed by atoms with E-state index in [1.807, 2.05) is 13.8 Å². The summed E-state index contributed by atoms with van der Waals surface area (Å²) in [5.41, 5.74) is 0.253. The maximum atomic E-state index is 12.1. The fraction of sp³-hybridized carbons (Fsp3) is 0.889. The Bertz CT molecular complexity index is 423. The molecule has 0 aromatic carbocycles. The highest BCUT2D eigenvalue weighted by atomic mass is 16.2. The molecule has 0 aromatic rings. The SMILES string of the molecule is CC(C)CNC(=O)C(=O)NC(C)C12CC3CC(CC(C3)C1)C2. The van der Waals surface area contributed by atoms with Gasteiger partial charge in [-0.3, -0.25) is 9.59 Å². The highest BCUT2D eigenvalue weighted by Crippen LogP contribution is 2.61. The molecule has 0 heterocycles. The molecule has 4 heteroatoms. The van der Waals surface area contributed by atoms with E-state index >= 15 is 0 Å². The van der Waals surface area contributed by atoms with Crippen molar-refractivity contribution in [2.75, 3.05) is 6.54 Å². The van der Waals surface area contributed by atoms with E-state index in [2.05, 4.69) is 17.6 Å². The van der Waals surface area contributed by atoms with Gasteiger partial charge in [0.05, 0.1) is 0 Å². The van der Waals surface area contributed by atoms with Crippen LogP contribution in [0.3, 0.4) is 0 Å². The lowest BCUT2D eigenvalue weighted by molar-refractivity contribution is -0.141. The van der Waals surface area contributed by atoms with Crippen molar-refractivity contribution in [3.8, 4) is 0 Å². The monoisotopic (exact) mass is 306 g/mol. The quantitative estimate of drug-likeness (QED) is 0.784. The topological polar surface area (TPSA) is 58.2 Å². The Labute approximate surface area is 133 Å². The molecule has 0 aliphatic heterocycles. The van der Waals surface area contributed by atoms with Gasteiger partial charge in [-0.25, -0.2) is 0 Å². The molecule has 124 valence electrons. The van der Waals surface area contributed by atoms with Crippen molar-refractivity contribution < 1.29 is 9.59 Å². The summed E-state index contributed by atoms with van der Waals surface area (Å²) in [5.74, 6) is 2.01. The number of hydrogen-bond acceptors (Lipinski definition) is 2. The molecule has 2 N–H and O–H groups in total. The van der Waals surface area contributed by atoms with Crippen LogP contribution in [-0.2, 0) is 9.59 Å². The lowest BCUT2D eigenvalue weighted by atomic mass is 9.48. The molecule has 4 aliphatic carbocycles. The van der Waals surface area contributed by atoms with Gasteiger partial charge < -0.3 is 10.6 Å². The number of carbonyl (C=O) groups is 2. The highest BCUT2D eigenvalue weighted by molar-refractivity contribution is 6.35. The van der Waals surface area contributed by atoms with Crippen LogP contribution in [0.25, 0.3) is 0 Å². The molecule has 4 bridgehead atoms. The van der Waals surface area contributed by atoms with Gasteiger partial charge in [0.15, 0.2) is 0 Å². The molecule has 0 aromatic heterocycles. The molecule has 22 heavy (non-hydrogen) atoms. The van der Waals surface area contributed by atoms with Crippen LogP contribution in [0, 0.1) is 29.1 Å². The van der Waals surface area contributed by atoms with Gasteiger partial charge in [0.1, 0.15) is 0 Å². The maximum absolute atomic E-state index is 12.1. The van der Waals surface area contributed by atoms with Crippen LogP contribution in [0.2, 0.25) is 0 Å². The van der Waals surface area contributed by atoms with Crippen LogP contribution in [0.15, 0.2) is 0 Å². The zero-order valence-corrected chi connectivity index (χ0v) is 14.2. The van der Waals surface area contributed by atoms with E-state index in [0.29, 0.717) is 12.5 Å². The van der Waals surface area contributed by atoms with Crippen LogP contribution in [-0.4, -0.2) is 24.4 Å². The minimum atomic E-state index is -0.481. The molecule has 0 saturated heterocycles. The average Bonchev–Trinajstić information content (AvgIpc) is 2.43. The Hall–Kier alpha value is -1.06. The first-order chi connectivity index (χ1) is 10.4. The van der Waals surface area contributed by atoms with Crippen molar-refractivity contribution in [2.45, 2.75) is 65.3 Å². The summed E-state index contributed by atoms with van der Waals surface area (Å²) in [6, 6.07) is 0.109. The number of amides is 2. The molecule has 2 amide bonds. The summed E-state index contributed by atoms with van der Waals surface area (Å²) in [4.78, 5) is 24.0. The molecule has 0 radical (unpaired) electrons. The van der Waals surface area contributed by atoms with Gasteiger partial charge >= 0.3 is 11.8 Å². The lowest BCUT2D eigenvalue weighted by Crippen LogP contribution is -2.57. The predicted molar refractivity (Wildman–Crippen MR) is 86.1 cm³/mol. The van der Waals surface area contributed by atoms with Gasteiger partial charge in [-0.15, -0.1) is 0 Å². The molecular weight excluding hydrogens is 276 g/mol. The summed E-state index contributed by atoms with van der Waals surface area (Å²) in [7, 11) is 0. The van der Waals surface area contributed by atoms with E-state index in [4.69, 9.17) is 0 Å². The summed E-state index contributed by atoms with van der Waals surface area (Å²) in [6.07, 6.45) is 7.93. The molecule has 4 nitrogen and oxygen atoms in total. The summed E-state index contributed by atoms with van der Waals surface area (Å²) in [6.45, 7) is 6.71. The van der Waals surface area contributed by atoms with Crippen molar-refractivity contribution in [3.63, 3.8) is 0 Å². The van der Waals surface area contributed by atoms with Gasteiger partial charge in [0.2, 0.25) is 0 Å². The maximum Gasteiger partial charge on any atom is 0.309 e. The largest absolute Gasteiger partial charge is 0.348 e. The molecule has 4 saturated carbocycles. The first kappa shape index (κ1) is 15.8. The number of nitrogens with one attached hydrogen (secondary N) is 2. The van der Waals surface area contributed by atoms with E-state index in [0.717, 1.165) is 17.8 Å². The first-order valence-corrected chi connectivity index (χ1v) is 8.96. The van der Waals surface area contributed by atoms with E-state index in [-0.39, 0.29) is 11.5 Å². The number of hydrogen-bond donors (Lipinski definition) is 2. The molecule has 1 unspecified atom stereocenters. The third-order valence-electron chi connectivity index (χ3n) is 6.23. The third-order valence-corrected chi connectivity index (χ3v) is 6.23. The van der Waals surface area contributed by atoms with Crippen molar-refractivity contribution in [3.05, 3.63) is 0 Å². The molecule has 4 aliphatic rings. The number of rotatable bonds is 4. The fourth-order valence-corrected chi connectivity index (χ4v) is 5.50. The van der Waals surface area contributed by atoms with Crippen LogP contribution >= 0.6 is 0 Å². The Morgan fingerprint density at radius 2 is 1.45 bits per heavy atom. The lowest BCUT2D eigenvalue weighted by Gasteiger charge is -2.59. The Morgan fingerprint density at radius 1 is 0.955 bits per heavy atom. The third kappa shape index (κ3) is 3.02. The van der Waals surface area contributed by atoms with Crippen LogP contribution < -0.4 is 10.6 Å². The van der Waals surface area contributed by atoms with E-state index < -0.39 is 11.8 Å². The number of carbonyl (C=O) groups excluding carboxylic acids is 2. The average molecular weight is 306 g/mol. The van der Waals surface area contributed by atoms with E-state index in [1.54, 1.807) is 0 Å². The Balaban J connectivity index is 1.58. The van der Waals surface area contributed by atoms with Crippen molar-refractivity contribution in [1.82, 2.24) is 10.6 Å². The van der Waals surface area contributed by atoms with E-state index in [9.17, 15) is 9.59 Å². The summed E-state index contributed by atoms with van der Waals surface area (Å²) >= 11 is 0.